The summed E-state index contributed by atoms with van der Waals surface area (Å²) in [5.41, 5.74) is 0. The first-order valence-corrected chi connectivity index (χ1v) is 7.78. The third-order valence-electron chi connectivity index (χ3n) is 3.10. The molecule has 0 aromatic heterocycles. The van der Waals surface area contributed by atoms with E-state index >= 15 is 0 Å². The van der Waals surface area contributed by atoms with Crippen LogP contribution in [0.25, 0.3) is 0 Å². The van der Waals surface area contributed by atoms with Crippen LogP contribution in [0.3, 0.4) is 0 Å². The Morgan fingerprint density at radius 3 is 2.74 bits per heavy atom. The van der Waals surface area contributed by atoms with Crippen molar-refractivity contribution >= 4 is 16.2 Å². The highest BCUT2D eigenvalue weighted by atomic mass is 32.2. The maximum absolute atomic E-state index is 12.5. The number of aliphatic carboxylic acids is 1. The molecule has 0 aromatic rings. The molecule has 1 saturated heterocycles. The topological polar surface area (TPSA) is 77.9 Å². The van der Waals surface area contributed by atoms with Crippen LogP contribution in [0.5, 0.6) is 0 Å². The Balaban J connectivity index is 3.01. The van der Waals surface area contributed by atoms with Gasteiger partial charge in [-0.25, -0.2) is 0 Å². The van der Waals surface area contributed by atoms with Crippen LogP contribution in [0.15, 0.2) is 0 Å². The van der Waals surface area contributed by atoms with E-state index in [9.17, 15) is 13.2 Å². The summed E-state index contributed by atoms with van der Waals surface area (Å²) in [6.45, 7) is 2.36. The lowest BCUT2D eigenvalue weighted by molar-refractivity contribution is -0.142. The van der Waals surface area contributed by atoms with Gasteiger partial charge in [-0.3, -0.25) is 4.79 Å². The van der Waals surface area contributed by atoms with Crippen LogP contribution >= 0.6 is 0 Å². The van der Waals surface area contributed by atoms with Crippen LogP contribution in [-0.4, -0.2) is 53.8 Å². The fourth-order valence-electron chi connectivity index (χ4n) is 2.20. The molecule has 1 heterocycles. The molecule has 0 amide bonds. The molecule has 0 aromatic carbocycles. The van der Waals surface area contributed by atoms with Crippen LogP contribution in [0.2, 0.25) is 0 Å². The molecule has 1 fully saturated rings. The molecule has 1 atom stereocenters. The minimum Gasteiger partial charge on any atom is -0.480 e. The van der Waals surface area contributed by atoms with Gasteiger partial charge in [0.2, 0.25) is 0 Å². The Labute approximate surface area is 114 Å². The van der Waals surface area contributed by atoms with Gasteiger partial charge in [-0.15, -0.1) is 6.42 Å². The highest BCUT2D eigenvalue weighted by Gasteiger charge is 2.39. The molecule has 0 spiro atoms. The average molecular weight is 288 g/mol. The minimum absolute atomic E-state index is 0.0288. The summed E-state index contributed by atoms with van der Waals surface area (Å²) >= 11 is 0. The zero-order valence-electron chi connectivity index (χ0n) is 11.1. The van der Waals surface area contributed by atoms with E-state index in [-0.39, 0.29) is 13.1 Å². The number of carbonyl (C=O) groups is 1. The number of terminal acetylenes is 1. The van der Waals surface area contributed by atoms with E-state index in [1.54, 1.807) is 0 Å². The number of hydrogen-bond donors (Lipinski definition) is 1. The molecule has 0 saturated carbocycles. The fourth-order valence-corrected chi connectivity index (χ4v) is 4.03. The molecule has 19 heavy (non-hydrogen) atoms. The molecule has 7 heteroatoms. The zero-order chi connectivity index (χ0) is 14.5. The van der Waals surface area contributed by atoms with Crippen LogP contribution in [0.1, 0.15) is 32.6 Å². The molecule has 1 rings (SSSR count). The molecule has 1 aliphatic rings. The first kappa shape index (κ1) is 16.0. The summed E-state index contributed by atoms with van der Waals surface area (Å²) in [4.78, 5) is 11.2. The van der Waals surface area contributed by atoms with Gasteiger partial charge in [0.05, 0.1) is 6.54 Å². The van der Waals surface area contributed by atoms with Crippen LogP contribution in [0, 0.1) is 12.3 Å². The van der Waals surface area contributed by atoms with Gasteiger partial charge in [0.25, 0.3) is 10.2 Å². The quantitative estimate of drug-likeness (QED) is 0.723. The standard InChI is InChI=1S/C12H20N2O4S/c1-3-8-13(9-4-2)19(17,18)14-10-6-5-7-11(14)12(15)16/h1,11H,4-10H2,2H3,(H,15,16). The van der Waals surface area contributed by atoms with Crippen LogP contribution in [-0.2, 0) is 15.0 Å². The van der Waals surface area contributed by atoms with Gasteiger partial charge < -0.3 is 5.11 Å². The number of piperidine rings is 1. The molecule has 0 bridgehead atoms. The highest BCUT2D eigenvalue weighted by Crippen LogP contribution is 2.23. The summed E-state index contributed by atoms with van der Waals surface area (Å²) in [5.74, 6) is 1.22. The Morgan fingerprint density at radius 1 is 1.53 bits per heavy atom. The number of carboxylic acid groups (broad SMARTS) is 1. The van der Waals surface area contributed by atoms with Crippen molar-refractivity contribution in [1.29, 1.82) is 0 Å². The van der Waals surface area contributed by atoms with Gasteiger partial charge in [0.1, 0.15) is 6.04 Å². The van der Waals surface area contributed by atoms with Crippen molar-refractivity contribution in [2.75, 3.05) is 19.6 Å². The van der Waals surface area contributed by atoms with Gasteiger partial charge in [-0.05, 0) is 25.7 Å². The van der Waals surface area contributed by atoms with Crippen molar-refractivity contribution < 1.29 is 18.3 Å². The van der Waals surface area contributed by atoms with Crippen molar-refractivity contribution in [1.82, 2.24) is 8.61 Å². The summed E-state index contributed by atoms with van der Waals surface area (Å²) in [7, 11) is -3.80. The normalized spacial score (nSPS) is 21.2. The van der Waals surface area contributed by atoms with Gasteiger partial charge in [0, 0.05) is 13.1 Å². The largest absolute Gasteiger partial charge is 0.480 e. The van der Waals surface area contributed by atoms with E-state index in [4.69, 9.17) is 11.5 Å². The minimum atomic E-state index is -3.80. The maximum atomic E-state index is 12.5. The fraction of sp³-hybridized carbons (Fsp3) is 0.750. The van der Waals surface area contributed by atoms with E-state index in [1.807, 2.05) is 6.92 Å². The first-order valence-electron chi connectivity index (χ1n) is 6.38. The third-order valence-corrected chi connectivity index (χ3v) is 5.10. The van der Waals surface area contributed by atoms with Crippen LogP contribution < -0.4 is 0 Å². The lowest BCUT2D eigenvalue weighted by Crippen LogP contribution is -2.53. The predicted octanol–water partition coefficient (Wildman–Crippen LogP) is 0.516. The average Bonchev–Trinajstić information content (AvgIpc) is 2.38. The first-order chi connectivity index (χ1) is 8.95. The Morgan fingerprint density at radius 2 is 2.21 bits per heavy atom. The second-order valence-electron chi connectivity index (χ2n) is 4.51. The summed E-state index contributed by atoms with van der Waals surface area (Å²) in [6, 6.07) is -0.976. The van der Waals surface area contributed by atoms with Crippen LogP contribution in [0.4, 0.5) is 0 Å². The van der Waals surface area contributed by atoms with Crippen molar-refractivity contribution in [3.05, 3.63) is 0 Å². The third kappa shape index (κ3) is 3.69. The molecular formula is C12H20N2O4S. The van der Waals surface area contributed by atoms with Gasteiger partial charge in [-0.1, -0.05) is 12.8 Å². The second kappa shape index (κ2) is 6.89. The SMILES string of the molecule is C#CCN(CCC)S(=O)(=O)N1CCCCC1C(=O)O. The molecule has 1 unspecified atom stereocenters. The highest BCUT2D eigenvalue weighted by molar-refractivity contribution is 7.86. The molecular weight excluding hydrogens is 268 g/mol. The van der Waals surface area contributed by atoms with Gasteiger partial charge in [-0.2, -0.15) is 17.0 Å². The summed E-state index contributed by atoms with van der Waals surface area (Å²) < 4.78 is 27.2. The summed E-state index contributed by atoms with van der Waals surface area (Å²) in [5, 5.41) is 9.15. The van der Waals surface area contributed by atoms with E-state index < -0.39 is 22.2 Å². The van der Waals surface area contributed by atoms with Crippen molar-refractivity contribution in [2.45, 2.75) is 38.6 Å². The Hall–Kier alpha value is -1.10. The molecule has 0 aliphatic carbocycles. The Bertz CT molecular complexity index is 455. The molecule has 108 valence electrons. The number of hydrogen-bond acceptors (Lipinski definition) is 3. The predicted molar refractivity (Wildman–Crippen MR) is 71.6 cm³/mol. The van der Waals surface area contributed by atoms with E-state index in [0.29, 0.717) is 25.8 Å². The van der Waals surface area contributed by atoms with E-state index in [1.165, 1.54) is 4.31 Å². The maximum Gasteiger partial charge on any atom is 0.322 e. The molecule has 1 aliphatic heterocycles. The molecule has 1 N–H and O–H groups in total. The number of carboxylic acids is 1. The van der Waals surface area contributed by atoms with E-state index in [2.05, 4.69) is 5.92 Å². The van der Waals surface area contributed by atoms with Gasteiger partial charge in [0.15, 0.2) is 0 Å². The van der Waals surface area contributed by atoms with Crippen molar-refractivity contribution in [3.8, 4) is 12.3 Å². The zero-order valence-corrected chi connectivity index (χ0v) is 11.9. The van der Waals surface area contributed by atoms with E-state index in [0.717, 1.165) is 10.7 Å². The summed E-state index contributed by atoms with van der Waals surface area (Å²) in [6.07, 6.45) is 7.58. The Kier molecular flexibility index (Phi) is 5.79. The molecule has 6 nitrogen and oxygen atoms in total. The number of rotatable bonds is 6. The lowest BCUT2D eigenvalue weighted by atomic mass is 10.1. The monoisotopic (exact) mass is 288 g/mol. The van der Waals surface area contributed by atoms with Crippen molar-refractivity contribution in [3.63, 3.8) is 0 Å². The molecule has 0 radical (unpaired) electrons. The second-order valence-corrected chi connectivity index (χ2v) is 6.39. The van der Waals surface area contributed by atoms with Gasteiger partial charge >= 0.3 is 5.97 Å². The lowest BCUT2D eigenvalue weighted by Gasteiger charge is -2.35. The number of nitrogens with zero attached hydrogens (tertiary/aromatic N) is 2. The smallest absolute Gasteiger partial charge is 0.322 e. The van der Waals surface area contributed by atoms with Crippen molar-refractivity contribution in [2.24, 2.45) is 0 Å².